The molecule has 1 aromatic rings. The number of ether oxygens (including phenoxy) is 1. The van der Waals surface area contributed by atoms with Crippen molar-refractivity contribution in [3.05, 3.63) is 15.8 Å². The number of esters is 1. The standard InChI is InChI=1S/C22H29NO5S/c1-14-6-8-15(9-7-14)20(26)23(13-18(24)25)17-12-16(10-11-22(2,3)4)29-19(17)21(27)28-5/h12,14-15H,6-9,13H2,1-5H3,(H,24,25)/t14-,15-. The van der Waals surface area contributed by atoms with Crippen molar-refractivity contribution >= 4 is 34.9 Å². The third-order valence-electron chi connectivity index (χ3n) is 4.86. The molecule has 1 fully saturated rings. The predicted molar refractivity (Wildman–Crippen MR) is 113 cm³/mol. The van der Waals surface area contributed by atoms with Crippen LogP contribution in [0.2, 0.25) is 0 Å². The molecular weight excluding hydrogens is 390 g/mol. The summed E-state index contributed by atoms with van der Waals surface area (Å²) in [6, 6.07) is 1.63. The second kappa shape index (κ2) is 9.45. The predicted octanol–water partition coefficient (Wildman–Crippen LogP) is 4.18. The van der Waals surface area contributed by atoms with E-state index in [-0.39, 0.29) is 27.8 Å². The van der Waals surface area contributed by atoms with Gasteiger partial charge in [0.1, 0.15) is 11.4 Å². The fourth-order valence-corrected chi connectivity index (χ4v) is 4.21. The zero-order valence-electron chi connectivity index (χ0n) is 17.7. The number of carbonyl (C=O) groups is 3. The minimum Gasteiger partial charge on any atom is -0.480 e. The highest BCUT2D eigenvalue weighted by Crippen LogP contribution is 2.35. The van der Waals surface area contributed by atoms with Crippen molar-refractivity contribution in [2.75, 3.05) is 18.6 Å². The summed E-state index contributed by atoms with van der Waals surface area (Å²) in [5.41, 5.74) is 0.0383. The van der Waals surface area contributed by atoms with Gasteiger partial charge in [0.15, 0.2) is 0 Å². The Balaban J connectivity index is 2.46. The summed E-state index contributed by atoms with van der Waals surface area (Å²) in [7, 11) is 1.26. The molecule has 0 aliphatic heterocycles. The maximum atomic E-state index is 13.2. The number of amides is 1. The minimum absolute atomic E-state index is 0.199. The smallest absolute Gasteiger partial charge is 0.350 e. The van der Waals surface area contributed by atoms with Crippen LogP contribution >= 0.6 is 11.3 Å². The highest BCUT2D eigenvalue weighted by Gasteiger charge is 2.33. The quantitative estimate of drug-likeness (QED) is 0.572. The maximum Gasteiger partial charge on any atom is 0.350 e. The number of methoxy groups -OCH3 is 1. The Kier molecular flexibility index (Phi) is 7.48. The number of hydrogen-bond acceptors (Lipinski definition) is 5. The number of nitrogens with zero attached hydrogens (tertiary/aromatic N) is 1. The monoisotopic (exact) mass is 419 g/mol. The lowest BCUT2D eigenvalue weighted by Crippen LogP contribution is -2.41. The fraction of sp³-hybridized carbons (Fsp3) is 0.591. The highest BCUT2D eigenvalue weighted by atomic mass is 32.1. The van der Waals surface area contributed by atoms with Crippen molar-refractivity contribution in [3.63, 3.8) is 0 Å². The van der Waals surface area contributed by atoms with Gasteiger partial charge in [-0.05, 0) is 58.4 Å². The number of hydrogen-bond donors (Lipinski definition) is 1. The van der Waals surface area contributed by atoms with E-state index in [1.54, 1.807) is 6.07 Å². The zero-order chi connectivity index (χ0) is 21.8. The van der Waals surface area contributed by atoms with Gasteiger partial charge >= 0.3 is 11.9 Å². The summed E-state index contributed by atoms with van der Waals surface area (Å²) in [5.74, 6) is 4.48. The van der Waals surface area contributed by atoms with Crippen LogP contribution < -0.4 is 4.90 Å². The van der Waals surface area contributed by atoms with E-state index < -0.39 is 18.5 Å². The van der Waals surface area contributed by atoms with Crippen LogP contribution in [-0.2, 0) is 14.3 Å². The van der Waals surface area contributed by atoms with Gasteiger partial charge in [0, 0.05) is 11.3 Å². The van der Waals surface area contributed by atoms with Gasteiger partial charge in [0.25, 0.3) is 0 Å². The first-order valence-corrected chi connectivity index (χ1v) is 10.6. The fourth-order valence-electron chi connectivity index (χ4n) is 3.28. The zero-order valence-corrected chi connectivity index (χ0v) is 18.5. The number of carboxylic acid groups (broad SMARTS) is 1. The molecule has 1 amide bonds. The molecule has 0 unspecified atom stereocenters. The summed E-state index contributed by atoms with van der Waals surface area (Å²) < 4.78 is 4.87. The van der Waals surface area contributed by atoms with E-state index in [9.17, 15) is 19.5 Å². The van der Waals surface area contributed by atoms with Gasteiger partial charge in [-0.25, -0.2) is 4.79 Å². The molecule has 29 heavy (non-hydrogen) atoms. The van der Waals surface area contributed by atoms with Gasteiger partial charge in [-0.1, -0.05) is 18.8 Å². The molecule has 7 heteroatoms. The molecule has 1 aliphatic carbocycles. The minimum atomic E-state index is -1.13. The summed E-state index contributed by atoms with van der Waals surface area (Å²) in [4.78, 5) is 39.1. The Labute approximate surface area is 176 Å². The Hall–Kier alpha value is -2.33. The highest BCUT2D eigenvalue weighted by molar-refractivity contribution is 7.15. The molecule has 0 atom stereocenters. The van der Waals surface area contributed by atoms with Crippen molar-refractivity contribution in [2.45, 2.75) is 53.4 Å². The molecule has 0 saturated heterocycles. The van der Waals surface area contributed by atoms with Gasteiger partial charge in [0.05, 0.1) is 17.7 Å². The summed E-state index contributed by atoms with van der Waals surface area (Å²) in [6.07, 6.45) is 3.33. The Bertz CT molecular complexity index is 832. The number of carbonyl (C=O) groups excluding carboxylic acids is 2. The lowest BCUT2D eigenvalue weighted by Gasteiger charge is -2.30. The van der Waals surface area contributed by atoms with Crippen LogP contribution in [0.5, 0.6) is 0 Å². The third-order valence-corrected chi connectivity index (χ3v) is 5.88. The van der Waals surface area contributed by atoms with E-state index in [1.807, 2.05) is 20.8 Å². The normalized spacial score (nSPS) is 19.1. The number of thiophene rings is 1. The molecule has 0 spiro atoms. The second-order valence-electron chi connectivity index (χ2n) is 8.59. The van der Waals surface area contributed by atoms with E-state index in [2.05, 4.69) is 18.8 Å². The van der Waals surface area contributed by atoms with Crippen LogP contribution in [0.1, 0.15) is 67.9 Å². The topological polar surface area (TPSA) is 83.9 Å². The Morgan fingerprint density at radius 3 is 2.38 bits per heavy atom. The summed E-state index contributed by atoms with van der Waals surface area (Å²) in [6.45, 7) is 7.57. The van der Waals surface area contributed by atoms with Gasteiger partial charge in [-0.3, -0.25) is 14.5 Å². The van der Waals surface area contributed by atoms with Crippen LogP contribution in [0.25, 0.3) is 0 Å². The largest absolute Gasteiger partial charge is 0.480 e. The Morgan fingerprint density at radius 1 is 1.24 bits per heavy atom. The van der Waals surface area contributed by atoms with Crippen molar-refractivity contribution in [1.82, 2.24) is 0 Å². The number of carboxylic acids is 1. The molecule has 158 valence electrons. The second-order valence-corrected chi connectivity index (χ2v) is 9.64. The molecule has 1 aliphatic rings. The van der Waals surface area contributed by atoms with Crippen LogP contribution in [0, 0.1) is 29.1 Å². The average Bonchev–Trinajstić information content (AvgIpc) is 3.07. The molecule has 1 saturated carbocycles. The molecule has 0 aromatic carbocycles. The van der Waals surface area contributed by atoms with Gasteiger partial charge in [0.2, 0.25) is 5.91 Å². The van der Waals surface area contributed by atoms with E-state index in [4.69, 9.17) is 4.74 Å². The molecule has 2 rings (SSSR count). The lowest BCUT2D eigenvalue weighted by molar-refractivity contribution is -0.137. The molecule has 1 aromatic heterocycles. The third kappa shape index (κ3) is 6.33. The van der Waals surface area contributed by atoms with Crippen molar-refractivity contribution in [2.24, 2.45) is 17.3 Å². The summed E-state index contributed by atoms with van der Waals surface area (Å²) in [5, 5.41) is 9.40. The van der Waals surface area contributed by atoms with Gasteiger partial charge in [-0.2, -0.15) is 0 Å². The maximum absolute atomic E-state index is 13.2. The SMILES string of the molecule is COC(=O)c1sc(C#CC(C)(C)C)cc1N(CC(=O)O)C(=O)[C@H]1CC[C@H](C)CC1. The number of anilines is 1. The van der Waals surface area contributed by atoms with Crippen LogP contribution in [-0.4, -0.2) is 36.6 Å². The molecular formula is C22H29NO5S. The summed E-state index contributed by atoms with van der Waals surface area (Å²) >= 11 is 1.12. The van der Waals surface area contributed by atoms with E-state index in [1.165, 1.54) is 12.0 Å². The average molecular weight is 420 g/mol. The van der Waals surface area contributed by atoms with Crippen LogP contribution in [0.4, 0.5) is 5.69 Å². The van der Waals surface area contributed by atoms with Crippen LogP contribution in [0.3, 0.4) is 0 Å². The number of aliphatic carboxylic acids is 1. The van der Waals surface area contributed by atoms with E-state index in [0.717, 1.165) is 37.0 Å². The molecule has 1 heterocycles. The van der Waals surface area contributed by atoms with Crippen molar-refractivity contribution < 1.29 is 24.2 Å². The van der Waals surface area contributed by atoms with E-state index in [0.29, 0.717) is 10.8 Å². The molecule has 6 nitrogen and oxygen atoms in total. The first-order valence-electron chi connectivity index (χ1n) is 9.80. The van der Waals surface area contributed by atoms with Gasteiger partial charge in [-0.15, -0.1) is 11.3 Å². The Morgan fingerprint density at radius 2 is 1.86 bits per heavy atom. The molecule has 0 radical (unpaired) electrons. The van der Waals surface area contributed by atoms with E-state index >= 15 is 0 Å². The first kappa shape index (κ1) is 23.0. The number of rotatable bonds is 5. The molecule has 1 N–H and O–H groups in total. The first-order chi connectivity index (χ1) is 13.5. The van der Waals surface area contributed by atoms with Crippen LogP contribution in [0.15, 0.2) is 6.07 Å². The molecule has 0 bridgehead atoms. The van der Waals surface area contributed by atoms with Crippen molar-refractivity contribution in [1.29, 1.82) is 0 Å². The van der Waals surface area contributed by atoms with Crippen molar-refractivity contribution in [3.8, 4) is 11.8 Å². The van der Waals surface area contributed by atoms with Gasteiger partial charge < -0.3 is 9.84 Å². The lowest BCUT2D eigenvalue weighted by atomic mass is 9.82.